The number of benzene rings is 1. The number of hydrogen-bond donors (Lipinski definition) is 1. The zero-order valence-corrected chi connectivity index (χ0v) is 10.5. The Bertz CT molecular complexity index is 471. The van der Waals surface area contributed by atoms with Crippen molar-refractivity contribution in [1.82, 2.24) is 4.90 Å². The number of fused-ring (bicyclic) bond motifs is 1. The lowest BCUT2D eigenvalue weighted by Crippen LogP contribution is -2.36. The molecule has 5 nitrogen and oxygen atoms in total. The van der Waals surface area contributed by atoms with Gasteiger partial charge in [-0.25, -0.2) is 4.79 Å². The van der Waals surface area contributed by atoms with Crippen LogP contribution >= 0.6 is 0 Å². The first kappa shape index (κ1) is 12.4. The standard InChI is InChI=1S/C13H16N2O3/c1-9(2)18-13(17)15-7-10-5-3-4-6-11(10)14-12(16)8-15/h3-6,9H,7-8H2,1-2H3,(H,14,16). The maximum absolute atomic E-state index is 11.8. The minimum atomic E-state index is -0.461. The topological polar surface area (TPSA) is 58.6 Å². The van der Waals surface area contributed by atoms with Crippen LogP contribution in [0.2, 0.25) is 0 Å². The smallest absolute Gasteiger partial charge is 0.410 e. The molecule has 1 heterocycles. The van der Waals surface area contributed by atoms with Crippen LogP contribution in [-0.2, 0) is 16.1 Å². The normalized spacial score (nSPS) is 14.8. The molecule has 0 aliphatic carbocycles. The van der Waals surface area contributed by atoms with E-state index >= 15 is 0 Å². The predicted octanol–water partition coefficient (Wildman–Crippen LogP) is 1.99. The van der Waals surface area contributed by atoms with E-state index in [4.69, 9.17) is 4.74 Å². The number of nitrogens with zero attached hydrogens (tertiary/aromatic N) is 1. The Morgan fingerprint density at radius 2 is 2.06 bits per heavy atom. The fourth-order valence-electron chi connectivity index (χ4n) is 1.81. The van der Waals surface area contributed by atoms with Gasteiger partial charge in [0.25, 0.3) is 0 Å². The summed E-state index contributed by atoms with van der Waals surface area (Å²) in [4.78, 5) is 24.9. The van der Waals surface area contributed by atoms with E-state index < -0.39 is 6.09 Å². The summed E-state index contributed by atoms with van der Waals surface area (Å²) in [5.41, 5.74) is 1.66. The van der Waals surface area contributed by atoms with Crippen molar-refractivity contribution in [1.29, 1.82) is 0 Å². The van der Waals surface area contributed by atoms with Crippen molar-refractivity contribution in [2.24, 2.45) is 0 Å². The highest BCUT2D eigenvalue weighted by atomic mass is 16.6. The Balaban J connectivity index is 2.20. The number of carbonyl (C=O) groups is 2. The van der Waals surface area contributed by atoms with E-state index in [0.29, 0.717) is 6.54 Å². The highest BCUT2D eigenvalue weighted by Gasteiger charge is 2.24. The third-order valence-corrected chi connectivity index (χ3v) is 2.58. The number of rotatable bonds is 1. The third kappa shape index (κ3) is 2.80. The summed E-state index contributed by atoms with van der Waals surface area (Å²) in [5, 5.41) is 2.77. The molecule has 2 rings (SSSR count). The summed E-state index contributed by atoms with van der Waals surface area (Å²) in [6, 6.07) is 7.44. The van der Waals surface area contributed by atoms with E-state index in [9.17, 15) is 9.59 Å². The molecule has 0 atom stereocenters. The molecule has 0 bridgehead atoms. The Kier molecular flexibility index (Phi) is 3.50. The van der Waals surface area contributed by atoms with Gasteiger partial charge >= 0.3 is 6.09 Å². The molecule has 1 aromatic rings. The van der Waals surface area contributed by atoms with Crippen molar-refractivity contribution in [3.8, 4) is 0 Å². The monoisotopic (exact) mass is 248 g/mol. The van der Waals surface area contributed by atoms with E-state index in [1.807, 2.05) is 24.3 Å². The van der Waals surface area contributed by atoms with Crippen molar-refractivity contribution in [3.05, 3.63) is 29.8 Å². The fourth-order valence-corrected chi connectivity index (χ4v) is 1.81. The maximum Gasteiger partial charge on any atom is 0.410 e. The van der Waals surface area contributed by atoms with Gasteiger partial charge in [0.15, 0.2) is 0 Å². The second-order valence-electron chi connectivity index (χ2n) is 4.49. The summed E-state index contributed by atoms with van der Waals surface area (Å²) >= 11 is 0. The highest BCUT2D eigenvalue weighted by Crippen LogP contribution is 2.20. The maximum atomic E-state index is 11.8. The second-order valence-corrected chi connectivity index (χ2v) is 4.49. The first-order chi connectivity index (χ1) is 8.56. The molecule has 0 spiro atoms. The quantitative estimate of drug-likeness (QED) is 0.826. The van der Waals surface area contributed by atoms with Crippen molar-refractivity contribution in [3.63, 3.8) is 0 Å². The molecule has 0 saturated heterocycles. The van der Waals surface area contributed by atoms with Gasteiger partial charge in [-0.1, -0.05) is 18.2 Å². The van der Waals surface area contributed by atoms with Gasteiger partial charge in [-0.2, -0.15) is 0 Å². The largest absolute Gasteiger partial charge is 0.447 e. The minimum Gasteiger partial charge on any atom is -0.447 e. The zero-order valence-electron chi connectivity index (χ0n) is 10.5. The summed E-state index contributed by atoms with van der Waals surface area (Å²) in [7, 11) is 0. The molecule has 1 aliphatic heterocycles. The van der Waals surface area contributed by atoms with E-state index in [1.54, 1.807) is 13.8 Å². The van der Waals surface area contributed by atoms with E-state index in [-0.39, 0.29) is 18.6 Å². The van der Waals surface area contributed by atoms with Gasteiger partial charge in [0, 0.05) is 5.69 Å². The molecule has 0 unspecified atom stereocenters. The number of hydrogen-bond acceptors (Lipinski definition) is 3. The van der Waals surface area contributed by atoms with Crippen LogP contribution in [0.25, 0.3) is 0 Å². The highest BCUT2D eigenvalue weighted by molar-refractivity contribution is 5.95. The Morgan fingerprint density at radius 3 is 2.78 bits per heavy atom. The molecule has 0 radical (unpaired) electrons. The van der Waals surface area contributed by atoms with Gasteiger partial charge in [0.1, 0.15) is 6.54 Å². The number of para-hydroxylation sites is 1. The van der Waals surface area contributed by atoms with Crippen LogP contribution in [0.3, 0.4) is 0 Å². The van der Waals surface area contributed by atoms with Gasteiger partial charge in [0.05, 0.1) is 12.6 Å². The Hall–Kier alpha value is -2.04. The summed E-state index contributed by atoms with van der Waals surface area (Å²) in [6.45, 7) is 3.95. The summed E-state index contributed by atoms with van der Waals surface area (Å²) < 4.78 is 5.12. The Labute approximate surface area is 106 Å². The predicted molar refractivity (Wildman–Crippen MR) is 67.1 cm³/mol. The molecule has 18 heavy (non-hydrogen) atoms. The lowest BCUT2D eigenvalue weighted by molar-refractivity contribution is -0.117. The molecule has 2 amide bonds. The number of anilines is 1. The molecule has 5 heteroatoms. The van der Waals surface area contributed by atoms with Gasteiger partial charge in [0.2, 0.25) is 5.91 Å². The summed E-state index contributed by atoms with van der Waals surface area (Å²) in [6.07, 6.45) is -0.657. The molecule has 96 valence electrons. The average Bonchev–Trinajstić information content (AvgIpc) is 2.45. The Morgan fingerprint density at radius 1 is 1.33 bits per heavy atom. The van der Waals surface area contributed by atoms with Gasteiger partial charge < -0.3 is 10.1 Å². The van der Waals surface area contributed by atoms with Crippen LogP contribution in [-0.4, -0.2) is 29.5 Å². The molecule has 0 fully saturated rings. The molecule has 1 aromatic carbocycles. The van der Waals surface area contributed by atoms with Crippen LogP contribution in [0.15, 0.2) is 24.3 Å². The van der Waals surface area contributed by atoms with Crippen molar-refractivity contribution < 1.29 is 14.3 Å². The second kappa shape index (κ2) is 5.08. The van der Waals surface area contributed by atoms with Crippen molar-refractivity contribution in [2.75, 3.05) is 11.9 Å². The first-order valence-corrected chi connectivity index (χ1v) is 5.89. The fraction of sp³-hybridized carbons (Fsp3) is 0.385. The van der Waals surface area contributed by atoms with Gasteiger partial charge in [-0.3, -0.25) is 9.69 Å². The SMILES string of the molecule is CC(C)OC(=O)N1CC(=O)Nc2ccccc2C1. The van der Waals surface area contributed by atoms with E-state index in [2.05, 4.69) is 5.32 Å². The molecule has 0 aromatic heterocycles. The number of amides is 2. The summed E-state index contributed by atoms with van der Waals surface area (Å²) in [5.74, 6) is -0.208. The third-order valence-electron chi connectivity index (χ3n) is 2.58. The molecular formula is C13H16N2O3. The molecular weight excluding hydrogens is 232 g/mol. The lowest BCUT2D eigenvalue weighted by atomic mass is 10.2. The van der Waals surface area contributed by atoms with Crippen LogP contribution in [0.1, 0.15) is 19.4 Å². The van der Waals surface area contributed by atoms with Crippen molar-refractivity contribution >= 4 is 17.7 Å². The van der Waals surface area contributed by atoms with Crippen LogP contribution in [0, 0.1) is 0 Å². The van der Waals surface area contributed by atoms with Crippen LogP contribution < -0.4 is 5.32 Å². The lowest BCUT2D eigenvalue weighted by Gasteiger charge is -2.20. The van der Waals surface area contributed by atoms with E-state index in [1.165, 1.54) is 4.90 Å². The van der Waals surface area contributed by atoms with Gasteiger partial charge in [-0.15, -0.1) is 0 Å². The minimum absolute atomic E-state index is 0.0141. The van der Waals surface area contributed by atoms with Crippen molar-refractivity contribution in [2.45, 2.75) is 26.5 Å². The van der Waals surface area contributed by atoms with E-state index in [0.717, 1.165) is 11.3 Å². The van der Waals surface area contributed by atoms with Crippen LogP contribution in [0.4, 0.5) is 10.5 Å². The molecule has 0 saturated carbocycles. The molecule has 1 N–H and O–H groups in total. The zero-order chi connectivity index (χ0) is 13.1. The molecule has 1 aliphatic rings. The number of nitrogens with one attached hydrogen (secondary N) is 1. The average molecular weight is 248 g/mol. The van der Waals surface area contributed by atoms with Gasteiger partial charge in [-0.05, 0) is 25.5 Å². The van der Waals surface area contributed by atoms with Crippen LogP contribution in [0.5, 0.6) is 0 Å². The number of carbonyl (C=O) groups excluding carboxylic acids is 2. The number of ether oxygens (including phenoxy) is 1. The first-order valence-electron chi connectivity index (χ1n) is 5.89.